The van der Waals surface area contributed by atoms with Crippen LogP contribution in [0.2, 0.25) is 0 Å². The molecule has 2 aliphatic carbocycles. The topological polar surface area (TPSA) is 114 Å². The molecule has 1 aromatic heterocycles. The van der Waals surface area contributed by atoms with Crippen LogP contribution in [0.5, 0.6) is 0 Å². The van der Waals surface area contributed by atoms with Gasteiger partial charge in [0.1, 0.15) is 0 Å². The minimum absolute atomic E-state index is 0.00188. The number of rotatable bonds is 13. The van der Waals surface area contributed by atoms with Crippen molar-refractivity contribution in [3.05, 3.63) is 43.6 Å². The highest BCUT2D eigenvalue weighted by Crippen LogP contribution is 2.43. The van der Waals surface area contributed by atoms with Gasteiger partial charge in [-0.1, -0.05) is 57.1 Å². The number of hydrogen-bond acceptors (Lipinski definition) is 5. The smallest absolute Gasteiger partial charge is 0.333 e. The number of allylic oxidation sites excluding steroid dienone is 2. The monoisotopic (exact) mass is 419 g/mol. The molecule has 30 heavy (non-hydrogen) atoms. The Bertz CT molecular complexity index is 863. The first-order valence-corrected chi connectivity index (χ1v) is 11.3. The van der Waals surface area contributed by atoms with Crippen LogP contribution in [0, 0.1) is 17.8 Å². The zero-order valence-electron chi connectivity index (χ0n) is 17.6. The number of aromatic nitrogens is 3. The van der Waals surface area contributed by atoms with Gasteiger partial charge >= 0.3 is 23.0 Å². The van der Waals surface area contributed by atoms with Crippen LogP contribution >= 0.6 is 0 Å². The molecule has 166 valence electrons. The Hall–Kier alpha value is -2.38. The number of fused-ring (bicyclic) bond motifs is 2. The number of ether oxygens (including phenoxy) is 1. The number of carbonyl (C=O) groups excluding carboxylic acids is 1. The molecule has 0 saturated heterocycles. The van der Waals surface area contributed by atoms with Gasteiger partial charge in [0.05, 0.1) is 12.5 Å². The fourth-order valence-corrected chi connectivity index (χ4v) is 4.60. The lowest BCUT2D eigenvalue weighted by atomic mass is 9.94. The summed E-state index contributed by atoms with van der Waals surface area (Å²) in [7, 11) is 0. The quantitative estimate of drug-likeness (QED) is 0.290. The fraction of sp³-hybridized carbons (Fsp3) is 0.727. The van der Waals surface area contributed by atoms with Crippen LogP contribution in [0.15, 0.2) is 26.5 Å². The summed E-state index contributed by atoms with van der Waals surface area (Å²) >= 11 is 0. The second-order valence-electron chi connectivity index (χ2n) is 8.58. The summed E-state index contributed by atoms with van der Waals surface area (Å²) in [4.78, 5) is 50.4. The molecule has 8 nitrogen and oxygen atoms in total. The summed E-state index contributed by atoms with van der Waals surface area (Å²) in [6, 6.07) is 0. The Kier molecular flexibility index (Phi) is 8.28. The van der Waals surface area contributed by atoms with E-state index >= 15 is 0 Å². The molecular formula is C22H33N3O5. The third-order valence-corrected chi connectivity index (χ3v) is 6.28. The first-order chi connectivity index (χ1) is 14.5. The first-order valence-electron chi connectivity index (χ1n) is 11.3. The van der Waals surface area contributed by atoms with Crippen molar-refractivity contribution in [2.24, 2.45) is 17.8 Å². The number of esters is 1. The van der Waals surface area contributed by atoms with Crippen molar-refractivity contribution in [1.29, 1.82) is 0 Å². The van der Waals surface area contributed by atoms with E-state index in [-0.39, 0.29) is 11.9 Å². The summed E-state index contributed by atoms with van der Waals surface area (Å²) in [5.41, 5.74) is -2.07. The van der Waals surface area contributed by atoms with E-state index in [0.29, 0.717) is 25.0 Å². The second kappa shape index (κ2) is 11.1. The minimum atomic E-state index is -0.766. The van der Waals surface area contributed by atoms with Crippen molar-refractivity contribution < 1.29 is 9.53 Å². The highest BCUT2D eigenvalue weighted by atomic mass is 16.5. The van der Waals surface area contributed by atoms with Crippen molar-refractivity contribution >= 4 is 5.97 Å². The van der Waals surface area contributed by atoms with Gasteiger partial charge in [-0.2, -0.15) is 0 Å². The minimum Gasteiger partial charge on any atom is -0.465 e. The van der Waals surface area contributed by atoms with Crippen LogP contribution in [-0.4, -0.2) is 27.1 Å². The van der Waals surface area contributed by atoms with Crippen LogP contribution < -0.4 is 17.1 Å². The lowest BCUT2D eigenvalue weighted by Gasteiger charge is -2.16. The van der Waals surface area contributed by atoms with Gasteiger partial charge in [-0.3, -0.25) is 14.8 Å². The van der Waals surface area contributed by atoms with Crippen LogP contribution in [0.1, 0.15) is 70.6 Å². The van der Waals surface area contributed by atoms with E-state index in [1.54, 1.807) is 0 Å². The van der Waals surface area contributed by atoms with Gasteiger partial charge in [0.2, 0.25) is 0 Å². The van der Waals surface area contributed by atoms with Gasteiger partial charge in [0, 0.05) is 6.54 Å². The molecule has 3 rings (SSSR count). The number of aromatic amines is 2. The molecule has 0 amide bonds. The van der Waals surface area contributed by atoms with Crippen molar-refractivity contribution in [2.45, 2.75) is 77.2 Å². The molecule has 1 fully saturated rings. The van der Waals surface area contributed by atoms with E-state index < -0.39 is 17.1 Å². The van der Waals surface area contributed by atoms with E-state index in [0.717, 1.165) is 68.8 Å². The second-order valence-corrected chi connectivity index (χ2v) is 8.58. The highest BCUT2D eigenvalue weighted by Gasteiger charge is 2.40. The Morgan fingerprint density at radius 2 is 1.47 bits per heavy atom. The predicted octanol–water partition coefficient (Wildman–Crippen LogP) is 2.49. The lowest BCUT2D eigenvalue weighted by molar-refractivity contribution is -0.149. The SMILES string of the molecule is O=C(OCCCCCCCCCCCn1c(=O)[nH]c(=O)[nH]c1=O)C1CC2C=CC1C2. The molecule has 8 heteroatoms. The molecule has 2 aliphatic rings. The lowest BCUT2D eigenvalue weighted by Crippen LogP contribution is -2.43. The zero-order chi connectivity index (χ0) is 21.3. The van der Waals surface area contributed by atoms with E-state index in [4.69, 9.17) is 4.74 Å². The summed E-state index contributed by atoms with van der Waals surface area (Å²) < 4.78 is 6.50. The summed E-state index contributed by atoms with van der Waals surface area (Å²) in [5.74, 6) is 1.11. The summed E-state index contributed by atoms with van der Waals surface area (Å²) in [5, 5.41) is 0. The number of nitrogens with one attached hydrogen (secondary N) is 2. The van der Waals surface area contributed by atoms with E-state index in [1.165, 1.54) is 6.42 Å². The number of H-pyrrole nitrogens is 2. The third kappa shape index (κ3) is 6.31. The first kappa shape index (κ1) is 22.3. The van der Waals surface area contributed by atoms with Gasteiger partial charge in [-0.25, -0.2) is 19.0 Å². The van der Waals surface area contributed by atoms with Crippen LogP contribution in [-0.2, 0) is 16.1 Å². The highest BCUT2D eigenvalue weighted by molar-refractivity contribution is 5.74. The van der Waals surface area contributed by atoms with Gasteiger partial charge in [-0.05, 0) is 37.5 Å². The molecule has 3 atom stereocenters. The molecule has 0 aliphatic heterocycles. The summed E-state index contributed by atoms with van der Waals surface area (Å²) in [6.45, 7) is 0.863. The Morgan fingerprint density at radius 3 is 2.03 bits per heavy atom. The third-order valence-electron chi connectivity index (χ3n) is 6.28. The van der Waals surface area contributed by atoms with Crippen LogP contribution in [0.25, 0.3) is 0 Å². The average Bonchev–Trinajstić information content (AvgIpc) is 3.33. The molecule has 1 aromatic rings. The zero-order valence-corrected chi connectivity index (χ0v) is 17.6. The fourth-order valence-electron chi connectivity index (χ4n) is 4.60. The van der Waals surface area contributed by atoms with E-state index in [1.807, 2.05) is 0 Å². The summed E-state index contributed by atoms with van der Waals surface area (Å²) in [6.07, 6.45) is 15.9. The molecule has 0 aromatic carbocycles. The van der Waals surface area contributed by atoms with Gasteiger partial charge in [-0.15, -0.1) is 0 Å². The molecule has 2 bridgehead atoms. The maximum absolute atomic E-state index is 12.1. The maximum atomic E-state index is 12.1. The molecule has 2 N–H and O–H groups in total. The number of unbranched alkanes of at least 4 members (excludes halogenated alkanes) is 8. The number of carbonyl (C=O) groups is 1. The number of nitrogens with zero attached hydrogens (tertiary/aromatic N) is 1. The molecule has 0 spiro atoms. The van der Waals surface area contributed by atoms with Crippen molar-refractivity contribution in [3.63, 3.8) is 0 Å². The largest absolute Gasteiger partial charge is 0.465 e. The van der Waals surface area contributed by atoms with Gasteiger partial charge in [0.15, 0.2) is 0 Å². The van der Waals surface area contributed by atoms with Gasteiger partial charge in [0.25, 0.3) is 0 Å². The standard InChI is InChI=1S/C22H33N3O5/c26-19(18-15-16-10-11-17(18)14-16)30-13-9-7-5-3-1-2-4-6-8-12-25-21(28)23-20(27)24-22(25)29/h10-11,16-18H,1-9,12-15H2,(H2,23,24,27,28,29). The Balaban J connectivity index is 1.13. The molecule has 0 radical (unpaired) electrons. The molecule has 1 heterocycles. The molecular weight excluding hydrogens is 386 g/mol. The molecule has 3 unspecified atom stereocenters. The molecule has 1 saturated carbocycles. The maximum Gasteiger partial charge on any atom is 0.333 e. The van der Waals surface area contributed by atoms with Crippen molar-refractivity contribution in [1.82, 2.24) is 14.5 Å². The predicted molar refractivity (Wildman–Crippen MR) is 113 cm³/mol. The van der Waals surface area contributed by atoms with Crippen molar-refractivity contribution in [3.8, 4) is 0 Å². The normalized spacial score (nSPS) is 21.9. The number of hydrogen-bond donors (Lipinski definition) is 2. The van der Waals surface area contributed by atoms with Crippen molar-refractivity contribution in [2.75, 3.05) is 6.61 Å². The van der Waals surface area contributed by atoms with Crippen LogP contribution in [0.3, 0.4) is 0 Å². The van der Waals surface area contributed by atoms with E-state index in [2.05, 4.69) is 22.1 Å². The Morgan fingerprint density at radius 1 is 0.867 bits per heavy atom. The van der Waals surface area contributed by atoms with E-state index in [9.17, 15) is 19.2 Å². The van der Waals surface area contributed by atoms with Crippen LogP contribution in [0.4, 0.5) is 0 Å². The average molecular weight is 420 g/mol. The van der Waals surface area contributed by atoms with Gasteiger partial charge < -0.3 is 4.74 Å². The Labute approximate surface area is 175 Å².